The van der Waals surface area contributed by atoms with Crippen molar-refractivity contribution in [2.24, 2.45) is 0 Å². The number of nitrogens with one attached hydrogen (secondary N) is 2. The van der Waals surface area contributed by atoms with E-state index in [-0.39, 0.29) is 42.8 Å². The number of hydrogen-bond donors (Lipinski definition) is 3. The number of amides is 2. The molecule has 0 bridgehead atoms. The smallest absolute Gasteiger partial charge is 0.254 e. The maximum Gasteiger partial charge on any atom is 0.254 e. The number of hydrogen-bond acceptors (Lipinski definition) is 7. The molecular weight excluding hydrogens is 705 g/mol. The highest BCUT2D eigenvalue weighted by molar-refractivity contribution is 9.10. The van der Waals surface area contributed by atoms with Crippen LogP contribution in [0, 0.1) is 6.92 Å². The minimum absolute atomic E-state index is 0.00535. The maximum absolute atomic E-state index is 13.9. The van der Waals surface area contributed by atoms with Crippen molar-refractivity contribution in [2.45, 2.75) is 61.6 Å². The first kappa shape index (κ1) is 33.3. The predicted octanol–water partition coefficient (Wildman–Crippen LogP) is 5.37. The van der Waals surface area contributed by atoms with Crippen molar-refractivity contribution < 1.29 is 23.1 Å². The van der Waals surface area contributed by atoms with Crippen LogP contribution >= 0.6 is 62.2 Å². The first-order chi connectivity index (χ1) is 19.7. The number of aryl methyl sites for hydroxylation is 1. The zero-order valence-corrected chi connectivity index (χ0v) is 28.5. The van der Waals surface area contributed by atoms with Crippen molar-refractivity contribution in [1.82, 2.24) is 14.9 Å². The van der Waals surface area contributed by atoms with E-state index in [4.69, 9.17) is 23.2 Å². The second-order valence-electron chi connectivity index (χ2n) is 10.4. The van der Waals surface area contributed by atoms with Crippen LogP contribution in [0.5, 0.6) is 0 Å². The van der Waals surface area contributed by atoms with Crippen LogP contribution in [0.1, 0.15) is 30.5 Å². The van der Waals surface area contributed by atoms with Crippen molar-refractivity contribution in [1.29, 1.82) is 0 Å². The Morgan fingerprint density at radius 2 is 1.76 bits per heavy atom. The summed E-state index contributed by atoms with van der Waals surface area (Å²) < 4.78 is 28.9. The zero-order chi connectivity index (χ0) is 30.8. The van der Waals surface area contributed by atoms with Crippen LogP contribution in [-0.2, 0) is 32.6 Å². The third-order valence-electron chi connectivity index (χ3n) is 7.03. The van der Waals surface area contributed by atoms with Gasteiger partial charge >= 0.3 is 0 Å². The molecule has 42 heavy (non-hydrogen) atoms. The third kappa shape index (κ3) is 7.35. The van der Waals surface area contributed by atoms with Gasteiger partial charge in [0.05, 0.1) is 16.4 Å². The normalized spacial score (nSPS) is 18.1. The number of rotatable bonds is 10. The molecule has 2 aromatic carbocycles. The lowest BCUT2D eigenvalue weighted by Crippen LogP contribution is -2.58. The van der Waals surface area contributed by atoms with E-state index >= 15 is 0 Å². The van der Waals surface area contributed by atoms with Gasteiger partial charge in [0.15, 0.2) is 0 Å². The summed E-state index contributed by atoms with van der Waals surface area (Å²) in [6.45, 7) is 5.95. The van der Waals surface area contributed by atoms with Gasteiger partial charge in [0.2, 0.25) is 15.9 Å². The van der Waals surface area contributed by atoms with Gasteiger partial charge in [-0.1, -0.05) is 77.8 Å². The standard InChI is InChI=1S/C28H30BrCl2N3O5S3/c1-16-9-7-8-12-18(16)14-32-26(36)23-28(2,3)40-15-34(23)27(37)21(35)19(13-17-10-5-4-6-11-17)33-42(38,39)22-20(29)24(30)41-25(22)31/h4-12,19,21,23,33,35H,13-15H2,1-3H3,(H,32,36)/t19-,21-,23+/m0/s1. The quantitative estimate of drug-likeness (QED) is 0.258. The Morgan fingerprint density at radius 1 is 1.12 bits per heavy atom. The number of sulfonamides is 1. The summed E-state index contributed by atoms with van der Waals surface area (Å²) in [7, 11) is -4.34. The molecule has 4 rings (SSSR count). The molecule has 1 aliphatic heterocycles. The maximum atomic E-state index is 13.9. The SMILES string of the molecule is Cc1ccccc1CNC(=O)[C@H]1N(C(=O)[C@@H](O)[C@H](Cc2ccccc2)NS(=O)(=O)c2c(Cl)sc(Cl)c2Br)CSC1(C)C. The van der Waals surface area contributed by atoms with Gasteiger partial charge in [-0.05, 0) is 59.8 Å². The molecule has 3 N–H and O–H groups in total. The van der Waals surface area contributed by atoms with E-state index in [2.05, 4.69) is 26.0 Å². The van der Waals surface area contributed by atoms with Crippen LogP contribution in [0.15, 0.2) is 64.0 Å². The predicted molar refractivity (Wildman–Crippen MR) is 172 cm³/mol. The highest BCUT2D eigenvalue weighted by atomic mass is 79.9. The van der Waals surface area contributed by atoms with Gasteiger partial charge in [-0.2, -0.15) is 0 Å². The van der Waals surface area contributed by atoms with Crippen molar-refractivity contribution in [3.63, 3.8) is 0 Å². The average molecular weight is 736 g/mol. The average Bonchev–Trinajstić information content (AvgIpc) is 3.40. The van der Waals surface area contributed by atoms with Crippen LogP contribution in [0.3, 0.4) is 0 Å². The number of thioether (sulfide) groups is 1. The van der Waals surface area contributed by atoms with E-state index in [1.807, 2.05) is 45.0 Å². The van der Waals surface area contributed by atoms with Crippen molar-refractivity contribution >= 4 is 84.1 Å². The van der Waals surface area contributed by atoms with Crippen LogP contribution < -0.4 is 10.0 Å². The number of halogens is 3. The Bertz CT molecular complexity index is 1570. The summed E-state index contributed by atoms with van der Waals surface area (Å²) in [6, 6.07) is 14.4. The number of thiophene rings is 1. The highest BCUT2D eigenvalue weighted by Crippen LogP contribution is 2.43. The minimum Gasteiger partial charge on any atom is -0.382 e. The number of nitrogens with zero attached hydrogens (tertiary/aromatic N) is 1. The van der Waals surface area contributed by atoms with Crippen LogP contribution in [-0.4, -0.2) is 59.1 Å². The van der Waals surface area contributed by atoms with Crippen molar-refractivity contribution in [3.8, 4) is 0 Å². The zero-order valence-electron chi connectivity index (χ0n) is 22.9. The van der Waals surface area contributed by atoms with E-state index in [9.17, 15) is 23.1 Å². The van der Waals surface area contributed by atoms with Crippen molar-refractivity contribution in [3.05, 3.63) is 84.4 Å². The largest absolute Gasteiger partial charge is 0.382 e. The Morgan fingerprint density at radius 3 is 2.38 bits per heavy atom. The molecule has 2 heterocycles. The Labute approximate surface area is 272 Å². The molecule has 0 spiro atoms. The number of aliphatic hydroxyl groups is 1. The molecule has 3 atom stereocenters. The van der Waals surface area contributed by atoms with Crippen LogP contribution in [0.4, 0.5) is 0 Å². The summed E-state index contributed by atoms with van der Waals surface area (Å²) in [6.07, 6.45) is -1.82. The Hall–Kier alpha value is -1.64. The Kier molecular flexibility index (Phi) is 10.7. The number of benzene rings is 2. The lowest BCUT2D eigenvalue weighted by atomic mass is 9.97. The lowest BCUT2D eigenvalue weighted by molar-refractivity contribution is -0.147. The van der Waals surface area contributed by atoms with Gasteiger partial charge < -0.3 is 15.3 Å². The minimum atomic E-state index is -4.34. The molecule has 0 radical (unpaired) electrons. The molecule has 226 valence electrons. The van der Waals surface area contributed by atoms with E-state index < -0.39 is 38.9 Å². The second-order valence-corrected chi connectivity index (χ2v) is 16.7. The molecule has 1 aromatic heterocycles. The van der Waals surface area contributed by atoms with Crippen LogP contribution in [0.25, 0.3) is 0 Å². The molecular formula is C28H30BrCl2N3O5S3. The molecule has 3 aromatic rings. The molecule has 2 amide bonds. The fourth-order valence-corrected chi connectivity index (χ4v) is 10.7. The molecule has 8 nitrogen and oxygen atoms in total. The van der Waals surface area contributed by atoms with E-state index in [0.717, 1.165) is 22.5 Å². The molecule has 1 aliphatic rings. The van der Waals surface area contributed by atoms with Crippen molar-refractivity contribution in [2.75, 3.05) is 5.88 Å². The van der Waals surface area contributed by atoms with Gasteiger partial charge in [0.1, 0.15) is 25.7 Å². The van der Waals surface area contributed by atoms with Gasteiger partial charge in [-0.3, -0.25) is 9.59 Å². The summed E-state index contributed by atoms with van der Waals surface area (Å²) in [5.41, 5.74) is 2.66. The van der Waals surface area contributed by atoms with Gasteiger partial charge in [-0.25, -0.2) is 13.1 Å². The third-order valence-corrected chi connectivity index (χ3v) is 13.4. The van der Waals surface area contributed by atoms with E-state index in [1.165, 1.54) is 16.7 Å². The number of aliphatic hydroxyl groups excluding tert-OH is 1. The first-order valence-corrected chi connectivity index (χ1v) is 17.7. The summed E-state index contributed by atoms with van der Waals surface area (Å²) in [4.78, 5) is 28.4. The molecule has 1 saturated heterocycles. The fourth-order valence-electron chi connectivity index (χ4n) is 4.76. The van der Waals surface area contributed by atoms with E-state index in [1.54, 1.807) is 30.3 Å². The molecule has 0 unspecified atom stereocenters. The molecule has 14 heteroatoms. The number of carbonyl (C=O) groups is 2. The topological polar surface area (TPSA) is 116 Å². The summed E-state index contributed by atoms with van der Waals surface area (Å²) in [5, 5.41) is 14.4. The van der Waals surface area contributed by atoms with Gasteiger partial charge in [-0.15, -0.1) is 23.1 Å². The lowest BCUT2D eigenvalue weighted by Gasteiger charge is -2.33. The molecule has 0 saturated carbocycles. The fraction of sp³-hybridized carbons (Fsp3) is 0.357. The van der Waals surface area contributed by atoms with E-state index in [0.29, 0.717) is 5.56 Å². The number of carbonyl (C=O) groups excluding carboxylic acids is 2. The van der Waals surface area contributed by atoms with Gasteiger partial charge in [0, 0.05) is 11.3 Å². The monoisotopic (exact) mass is 733 g/mol. The van der Waals surface area contributed by atoms with Gasteiger partial charge in [0.25, 0.3) is 5.91 Å². The highest BCUT2D eigenvalue weighted by Gasteiger charge is 2.50. The first-order valence-electron chi connectivity index (χ1n) is 12.9. The van der Waals surface area contributed by atoms with Crippen LogP contribution in [0.2, 0.25) is 8.67 Å². The summed E-state index contributed by atoms with van der Waals surface area (Å²) >= 11 is 17.7. The molecule has 1 fully saturated rings. The summed E-state index contributed by atoms with van der Waals surface area (Å²) in [5.74, 6) is -0.980. The molecule has 0 aliphatic carbocycles. The second kappa shape index (κ2) is 13.6. The Balaban J connectivity index is 1.60.